The number of rotatable bonds is 7. The minimum absolute atomic E-state index is 0.160. The smallest absolute Gasteiger partial charge is 0.326 e. The Morgan fingerprint density at radius 1 is 1.07 bits per heavy atom. The number of anilines is 2. The van der Waals surface area contributed by atoms with E-state index >= 15 is 0 Å². The van der Waals surface area contributed by atoms with E-state index < -0.39 is 5.25 Å². The van der Waals surface area contributed by atoms with Crippen molar-refractivity contribution in [1.29, 1.82) is 0 Å². The molecule has 8 nitrogen and oxygen atoms in total. The van der Waals surface area contributed by atoms with Crippen molar-refractivity contribution in [3.8, 4) is 0 Å². The summed E-state index contributed by atoms with van der Waals surface area (Å²) in [5.74, 6) is -0.378. The van der Waals surface area contributed by atoms with Crippen LogP contribution in [0.4, 0.5) is 11.4 Å². The van der Waals surface area contributed by atoms with Gasteiger partial charge in [-0.15, -0.1) is 5.10 Å². The minimum atomic E-state index is -0.477. The Labute approximate surface area is 171 Å². The molecule has 1 heterocycles. The van der Waals surface area contributed by atoms with Crippen LogP contribution in [0.2, 0.25) is 0 Å². The van der Waals surface area contributed by atoms with Crippen LogP contribution in [-0.4, -0.2) is 31.8 Å². The average molecular weight is 411 g/mol. The van der Waals surface area contributed by atoms with Crippen LogP contribution >= 0.6 is 11.8 Å². The highest BCUT2D eigenvalue weighted by molar-refractivity contribution is 8.00. The Kier molecular flexibility index (Phi) is 6.50. The first-order valence-electron chi connectivity index (χ1n) is 8.96. The van der Waals surface area contributed by atoms with Crippen LogP contribution in [0.5, 0.6) is 0 Å². The molecule has 0 saturated carbocycles. The maximum Gasteiger partial charge on any atom is 0.344 e. The predicted octanol–water partition coefficient (Wildman–Crippen LogP) is 2.70. The minimum Gasteiger partial charge on any atom is -0.326 e. The molecule has 0 radical (unpaired) electrons. The van der Waals surface area contributed by atoms with Gasteiger partial charge in [0.1, 0.15) is 0 Å². The number of amides is 2. The van der Waals surface area contributed by atoms with Gasteiger partial charge in [0, 0.05) is 18.3 Å². The molecule has 0 aliphatic rings. The molecule has 150 valence electrons. The molecule has 2 amide bonds. The summed E-state index contributed by atoms with van der Waals surface area (Å²) < 4.78 is 1.51. The number of nitrogens with zero attached hydrogens (tertiary/aromatic N) is 2. The molecule has 3 aromatic rings. The quantitative estimate of drug-likeness (QED) is 0.518. The fourth-order valence-electron chi connectivity index (χ4n) is 2.59. The summed E-state index contributed by atoms with van der Waals surface area (Å²) in [6.07, 6.45) is 0. The van der Waals surface area contributed by atoms with Crippen LogP contribution in [0.25, 0.3) is 0 Å². The van der Waals surface area contributed by atoms with Crippen LogP contribution in [0.3, 0.4) is 0 Å². The van der Waals surface area contributed by atoms with Gasteiger partial charge < -0.3 is 10.6 Å². The van der Waals surface area contributed by atoms with Crippen LogP contribution < -0.4 is 16.3 Å². The predicted molar refractivity (Wildman–Crippen MR) is 113 cm³/mol. The Morgan fingerprint density at radius 3 is 2.31 bits per heavy atom. The maximum absolute atomic E-state index is 12.5. The van der Waals surface area contributed by atoms with Crippen molar-refractivity contribution in [3.05, 3.63) is 70.6 Å². The van der Waals surface area contributed by atoms with Crippen molar-refractivity contribution >= 4 is 35.0 Å². The van der Waals surface area contributed by atoms with E-state index in [1.807, 2.05) is 30.3 Å². The third kappa shape index (κ3) is 5.58. The van der Waals surface area contributed by atoms with E-state index in [0.717, 1.165) is 5.56 Å². The zero-order chi connectivity index (χ0) is 20.8. The summed E-state index contributed by atoms with van der Waals surface area (Å²) in [4.78, 5) is 35.7. The van der Waals surface area contributed by atoms with Gasteiger partial charge in [0.05, 0.1) is 11.8 Å². The second-order valence-electron chi connectivity index (χ2n) is 6.39. The highest BCUT2D eigenvalue weighted by atomic mass is 32.2. The number of carbonyl (C=O) groups excluding carboxylic acids is 2. The van der Waals surface area contributed by atoms with Crippen LogP contribution in [0.15, 0.2) is 64.5 Å². The van der Waals surface area contributed by atoms with E-state index in [2.05, 4.69) is 20.8 Å². The molecule has 1 aromatic heterocycles. The lowest BCUT2D eigenvalue weighted by Gasteiger charge is -2.12. The van der Waals surface area contributed by atoms with Crippen LogP contribution in [-0.2, 0) is 16.1 Å². The molecule has 9 heteroatoms. The molecular formula is C20H21N5O3S. The molecule has 0 aliphatic carbocycles. The van der Waals surface area contributed by atoms with Crippen molar-refractivity contribution in [2.45, 2.75) is 30.8 Å². The van der Waals surface area contributed by atoms with Crippen LogP contribution in [0, 0.1) is 0 Å². The van der Waals surface area contributed by atoms with Gasteiger partial charge in [-0.2, -0.15) is 0 Å². The summed E-state index contributed by atoms with van der Waals surface area (Å²) >= 11 is 1.20. The van der Waals surface area contributed by atoms with E-state index in [-0.39, 0.29) is 17.5 Å². The highest BCUT2D eigenvalue weighted by Gasteiger charge is 2.19. The average Bonchev–Trinajstić information content (AvgIpc) is 3.03. The molecule has 0 saturated heterocycles. The van der Waals surface area contributed by atoms with E-state index in [1.165, 1.54) is 23.3 Å². The number of benzene rings is 2. The van der Waals surface area contributed by atoms with Crippen molar-refractivity contribution < 1.29 is 9.59 Å². The first-order chi connectivity index (χ1) is 13.9. The summed E-state index contributed by atoms with van der Waals surface area (Å²) in [6, 6.07) is 16.4. The molecule has 0 fully saturated rings. The maximum atomic E-state index is 12.5. The Morgan fingerprint density at radius 2 is 1.69 bits per heavy atom. The van der Waals surface area contributed by atoms with Gasteiger partial charge in [0.15, 0.2) is 5.16 Å². The molecular weight excluding hydrogens is 390 g/mol. The molecule has 0 spiro atoms. The van der Waals surface area contributed by atoms with Gasteiger partial charge >= 0.3 is 5.69 Å². The number of aromatic amines is 1. The highest BCUT2D eigenvalue weighted by Crippen LogP contribution is 2.22. The van der Waals surface area contributed by atoms with Gasteiger partial charge in [-0.1, -0.05) is 42.1 Å². The second kappa shape index (κ2) is 9.24. The van der Waals surface area contributed by atoms with E-state index in [1.54, 1.807) is 31.2 Å². The Bertz CT molecular complexity index is 1040. The van der Waals surface area contributed by atoms with Crippen molar-refractivity contribution in [2.24, 2.45) is 0 Å². The van der Waals surface area contributed by atoms with Gasteiger partial charge in [-0.3, -0.25) is 14.2 Å². The molecule has 1 atom stereocenters. The summed E-state index contributed by atoms with van der Waals surface area (Å²) in [5, 5.41) is 12.0. The largest absolute Gasteiger partial charge is 0.344 e. The Balaban J connectivity index is 1.64. The molecule has 3 rings (SSSR count). The number of carbonyl (C=O) groups is 2. The zero-order valence-corrected chi connectivity index (χ0v) is 16.8. The molecule has 2 aromatic carbocycles. The van der Waals surface area contributed by atoms with E-state index in [4.69, 9.17) is 0 Å². The third-order valence-electron chi connectivity index (χ3n) is 4.03. The number of nitrogens with one attached hydrogen (secondary N) is 3. The standard InChI is InChI=1S/C20H21N5O3S/c1-13(18(27)22-17-10-8-16(9-11-17)21-14(2)26)29-20-24-23-19(28)25(20)12-15-6-4-3-5-7-15/h3-11,13H,12H2,1-2H3,(H,21,26)(H,22,27)(H,23,28)/t13-/m1/s1. The molecule has 0 aliphatic heterocycles. The SMILES string of the molecule is CC(=O)Nc1ccc(NC(=O)[C@@H](C)Sc2n[nH]c(=O)n2Cc2ccccc2)cc1. The lowest BCUT2D eigenvalue weighted by Crippen LogP contribution is -2.24. The number of thioether (sulfide) groups is 1. The van der Waals surface area contributed by atoms with Gasteiger partial charge in [0.25, 0.3) is 0 Å². The second-order valence-corrected chi connectivity index (χ2v) is 7.70. The van der Waals surface area contributed by atoms with Crippen molar-refractivity contribution in [1.82, 2.24) is 14.8 Å². The fourth-order valence-corrected chi connectivity index (χ4v) is 3.45. The summed E-state index contributed by atoms with van der Waals surface area (Å²) in [6.45, 7) is 3.55. The van der Waals surface area contributed by atoms with Crippen LogP contribution in [0.1, 0.15) is 19.4 Å². The summed E-state index contributed by atoms with van der Waals surface area (Å²) in [5.41, 5.74) is 1.91. The van der Waals surface area contributed by atoms with E-state index in [9.17, 15) is 14.4 Å². The van der Waals surface area contributed by atoms with Gasteiger partial charge in [-0.05, 0) is 36.8 Å². The normalized spacial score (nSPS) is 11.7. The molecule has 0 bridgehead atoms. The lowest BCUT2D eigenvalue weighted by molar-refractivity contribution is -0.115. The van der Waals surface area contributed by atoms with Gasteiger partial charge in [-0.25, -0.2) is 9.89 Å². The number of hydrogen-bond donors (Lipinski definition) is 3. The number of hydrogen-bond acceptors (Lipinski definition) is 5. The first-order valence-corrected chi connectivity index (χ1v) is 9.84. The zero-order valence-electron chi connectivity index (χ0n) is 16.0. The van der Waals surface area contributed by atoms with Gasteiger partial charge in [0.2, 0.25) is 11.8 Å². The lowest BCUT2D eigenvalue weighted by atomic mass is 10.2. The third-order valence-corrected chi connectivity index (χ3v) is 5.12. The summed E-state index contributed by atoms with van der Waals surface area (Å²) in [7, 11) is 0. The monoisotopic (exact) mass is 411 g/mol. The number of H-pyrrole nitrogens is 1. The topological polar surface area (TPSA) is 109 Å². The Hall–Kier alpha value is -3.33. The van der Waals surface area contributed by atoms with E-state index in [0.29, 0.717) is 23.1 Å². The fraction of sp³-hybridized carbons (Fsp3) is 0.200. The van der Waals surface area contributed by atoms with Crippen molar-refractivity contribution in [2.75, 3.05) is 10.6 Å². The molecule has 3 N–H and O–H groups in total. The van der Waals surface area contributed by atoms with Crippen molar-refractivity contribution in [3.63, 3.8) is 0 Å². The molecule has 0 unspecified atom stereocenters. The molecule has 29 heavy (non-hydrogen) atoms. The first kappa shape index (κ1) is 20.4. The number of aromatic nitrogens is 3.